The molecule has 110 valence electrons. The van der Waals surface area contributed by atoms with Gasteiger partial charge in [0.25, 0.3) is 0 Å². The van der Waals surface area contributed by atoms with Crippen LogP contribution in [0.15, 0.2) is 48.5 Å². The van der Waals surface area contributed by atoms with E-state index >= 15 is 0 Å². The summed E-state index contributed by atoms with van der Waals surface area (Å²) in [4.78, 5) is 14.1. The number of aryl methyl sites for hydroxylation is 1. The highest BCUT2D eigenvalue weighted by atomic mass is 16.2. The van der Waals surface area contributed by atoms with Crippen LogP contribution in [-0.2, 0) is 4.79 Å². The van der Waals surface area contributed by atoms with Crippen molar-refractivity contribution in [3.63, 3.8) is 0 Å². The van der Waals surface area contributed by atoms with E-state index in [0.717, 1.165) is 22.5 Å². The minimum Gasteiger partial charge on any atom is -0.399 e. The first kappa shape index (κ1) is 15.1. The van der Waals surface area contributed by atoms with Crippen molar-refractivity contribution in [3.8, 4) is 0 Å². The van der Waals surface area contributed by atoms with E-state index in [2.05, 4.69) is 6.92 Å². The molecule has 1 unspecified atom stereocenters. The molecule has 0 spiro atoms. The van der Waals surface area contributed by atoms with Crippen LogP contribution in [0.2, 0.25) is 0 Å². The van der Waals surface area contributed by atoms with Crippen LogP contribution in [0.4, 0.5) is 11.4 Å². The number of rotatable bonds is 4. The van der Waals surface area contributed by atoms with Crippen LogP contribution < -0.4 is 10.6 Å². The molecule has 0 aliphatic rings. The Morgan fingerprint density at radius 2 is 1.86 bits per heavy atom. The summed E-state index contributed by atoms with van der Waals surface area (Å²) in [6, 6.07) is 15.7. The zero-order chi connectivity index (χ0) is 15.4. The van der Waals surface area contributed by atoms with Crippen LogP contribution in [0, 0.1) is 6.92 Å². The molecule has 21 heavy (non-hydrogen) atoms. The summed E-state index contributed by atoms with van der Waals surface area (Å²) < 4.78 is 0. The zero-order valence-electron chi connectivity index (χ0n) is 12.8. The molecule has 0 fully saturated rings. The summed E-state index contributed by atoms with van der Waals surface area (Å²) in [7, 11) is 1.83. The number of nitrogens with two attached hydrogens (primary N) is 1. The quantitative estimate of drug-likeness (QED) is 0.868. The van der Waals surface area contributed by atoms with Crippen molar-refractivity contribution in [1.82, 2.24) is 0 Å². The highest BCUT2D eigenvalue weighted by molar-refractivity contribution is 5.93. The average Bonchev–Trinajstić information content (AvgIpc) is 2.47. The lowest BCUT2D eigenvalue weighted by Gasteiger charge is -2.20. The van der Waals surface area contributed by atoms with Gasteiger partial charge < -0.3 is 10.6 Å². The van der Waals surface area contributed by atoms with E-state index in [0.29, 0.717) is 6.42 Å². The standard InChI is InChI=1S/C18H22N2O/c1-13-5-4-6-17(11-13)20(3)18(21)12-14(2)15-7-9-16(19)10-8-15/h4-11,14H,12,19H2,1-3H3. The molecule has 0 aromatic heterocycles. The van der Waals surface area contributed by atoms with Gasteiger partial charge in [0, 0.05) is 24.8 Å². The van der Waals surface area contributed by atoms with Gasteiger partial charge in [-0.2, -0.15) is 0 Å². The topological polar surface area (TPSA) is 46.3 Å². The van der Waals surface area contributed by atoms with Crippen molar-refractivity contribution in [2.75, 3.05) is 17.7 Å². The monoisotopic (exact) mass is 282 g/mol. The van der Waals surface area contributed by atoms with Crippen LogP contribution in [0.3, 0.4) is 0 Å². The maximum Gasteiger partial charge on any atom is 0.227 e. The number of nitrogens with zero attached hydrogens (tertiary/aromatic N) is 1. The first-order valence-electron chi connectivity index (χ1n) is 7.16. The van der Waals surface area contributed by atoms with E-state index in [4.69, 9.17) is 5.73 Å². The van der Waals surface area contributed by atoms with Crippen LogP contribution in [0.1, 0.15) is 30.4 Å². The van der Waals surface area contributed by atoms with E-state index in [-0.39, 0.29) is 11.8 Å². The predicted octanol–water partition coefficient (Wildman–Crippen LogP) is 3.73. The molecule has 0 aliphatic carbocycles. The van der Waals surface area contributed by atoms with Gasteiger partial charge >= 0.3 is 0 Å². The number of amides is 1. The lowest BCUT2D eigenvalue weighted by atomic mass is 9.97. The maximum atomic E-state index is 12.4. The molecule has 2 aromatic carbocycles. The van der Waals surface area contributed by atoms with E-state index in [1.807, 2.05) is 62.5 Å². The largest absolute Gasteiger partial charge is 0.399 e. The number of nitrogen functional groups attached to an aromatic ring is 1. The number of carbonyl (C=O) groups excluding carboxylic acids is 1. The fourth-order valence-electron chi connectivity index (χ4n) is 2.32. The number of hydrogen-bond acceptors (Lipinski definition) is 2. The second-order valence-electron chi connectivity index (χ2n) is 5.56. The number of anilines is 2. The van der Waals surface area contributed by atoms with Crippen molar-refractivity contribution in [2.45, 2.75) is 26.2 Å². The molecule has 3 nitrogen and oxygen atoms in total. The van der Waals surface area contributed by atoms with Crippen molar-refractivity contribution >= 4 is 17.3 Å². The molecule has 0 saturated carbocycles. The Bertz CT molecular complexity index is 619. The van der Waals surface area contributed by atoms with Crippen molar-refractivity contribution < 1.29 is 4.79 Å². The SMILES string of the molecule is Cc1cccc(N(C)C(=O)CC(C)c2ccc(N)cc2)c1. The minimum atomic E-state index is 0.116. The first-order valence-corrected chi connectivity index (χ1v) is 7.16. The number of carbonyl (C=O) groups is 1. The molecule has 2 rings (SSSR count). The summed E-state index contributed by atoms with van der Waals surface area (Å²) >= 11 is 0. The van der Waals surface area contributed by atoms with Crippen LogP contribution >= 0.6 is 0 Å². The Morgan fingerprint density at radius 3 is 2.48 bits per heavy atom. The molecule has 0 heterocycles. The fourth-order valence-corrected chi connectivity index (χ4v) is 2.32. The number of hydrogen-bond donors (Lipinski definition) is 1. The maximum absolute atomic E-state index is 12.4. The van der Waals surface area contributed by atoms with E-state index < -0.39 is 0 Å². The van der Waals surface area contributed by atoms with Crippen LogP contribution in [0.5, 0.6) is 0 Å². The van der Waals surface area contributed by atoms with E-state index in [9.17, 15) is 4.79 Å². The van der Waals surface area contributed by atoms with Gasteiger partial charge in [-0.3, -0.25) is 4.79 Å². The molecule has 2 aromatic rings. The average molecular weight is 282 g/mol. The Labute approximate surface area is 126 Å². The molecular weight excluding hydrogens is 260 g/mol. The van der Waals surface area contributed by atoms with Crippen LogP contribution in [-0.4, -0.2) is 13.0 Å². The van der Waals surface area contributed by atoms with Crippen molar-refractivity contribution in [2.24, 2.45) is 0 Å². The Hall–Kier alpha value is -2.29. The zero-order valence-corrected chi connectivity index (χ0v) is 12.8. The Morgan fingerprint density at radius 1 is 1.19 bits per heavy atom. The first-order chi connectivity index (χ1) is 9.97. The molecule has 0 saturated heterocycles. The van der Waals surface area contributed by atoms with Gasteiger partial charge in [-0.15, -0.1) is 0 Å². The molecule has 0 aliphatic heterocycles. The molecule has 1 atom stereocenters. The summed E-state index contributed by atoms with van der Waals surface area (Å²) in [6.45, 7) is 4.09. The molecule has 1 amide bonds. The lowest BCUT2D eigenvalue weighted by Crippen LogP contribution is -2.27. The number of benzene rings is 2. The van der Waals surface area contributed by atoms with Gasteiger partial charge in [0.1, 0.15) is 0 Å². The van der Waals surface area contributed by atoms with Gasteiger partial charge in [0.05, 0.1) is 0 Å². The molecule has 3 heteroatoms. The smallest absolute Gasteiger partial charge is 0.227 e. The van der Waals surface area contributed by atoms with Crippen molar-refractivity contribution in [3.05, 3.63) is 59.7 Å². The fraction of sp³-hybridized carbons (Fsp3) is 0.278. The normalized spacial score (nSPS) is 12.0. The second-order valence-corrected chi connectivity index (χ2v) is 5.56. The molecule has 0 bridgehead atoms. The van der Waals surface area contributed by atoms with Crippen molar-refractivity contribution in [1.29, 1.82) is 0 Å². The predicted molar refractivity (Wildman–Crippen MR) is 88.5 cm³/mol. The third-order valence-corrected chi connectivity index (χ3v) is 3.75. The van der Waals surface area contributed by atoms with Crippen LogP contribution in [0.25, 0.3) is 0 Å². The Balaban J connectivity index is 2.05. The summed E-state index contributed by atoms with van der Waals surface area (Å²) in [5.74, 6) is 0.287. The highest BCUT2D eigenvalue weighted by Gasteiger charge is 2.16. The van der Waals surface area contributed by atoms with E-state index in [1.165, 1.54) is 0 Å². The highest BCUT2D eigenvalue weighted by Crippen LogP contribution is 2.23. The molecule has 2 N–H and O–H groups in total. The summed E-state index contributed by atoms with van der Waals surface area (Å²) in [5, 5.41) is 0. The molecule has 0 radical (unpaired) electrons. The van der Waals surface area contributed by atoms with Gasteiger partial charge in [-0.1, -0.05) is 31.2 Å². The molecular formula is C18H22N2O. The second kappa shape index (κ2) is 6.44. The Kier molecular flexibility index (Phi) is 4.63. The minimum absolute atomic E-state index is 0.116. The summed E-state index contributed by atoms with van der Waals surface area (Å²) in [5.41, 5.74) is 9.66. The van der Waals surface area contributed by atoms with Gasteiger partial charge in [-0.05, 0) is 48.2 Å². The van der Waals surface area contributed by atoms with E-state index in [1.54, 1.807) is 4.90 Å². The van der Waals surface area contributed by atoms with Gasteiger partial charge in [-0.25, -0.2) is 0 Å². The summed E-state index contributed by atoms with van der Waals surface area (Å²) in [6.07, 6.45) is 0.481. The van der Waals surface area contributed by atoms with Gasteiger partial charge in [0.15, 0.2) is 0 Å². The third kappa shape index (κ3) is 3.85. The third-order valence-electron chi connectivity index (χ3n) is 3.75. The lowest BCUT2D eigenvalue weighted by molar-refractivity contribution is -0.118. The van der Waals surface area contributed by atoms with Gasteiger partial charge in [0.2, 0.25) is 5.91 Å².